The summed E-state index contributed by atoms with van der Waals surface area (Å²) in [6.45, 7) is -0.105. The van der Waals surface area contributed by atoms with Crippen molar-refractivity contribution < 1.29 is 14.9 Å². The van der Waals surface area contributed by atoms with E-state index in [4.69, 9.17) is 9.84 Å². The summed E-state index contributed by atoms with van der Waals surface area (Å²) in [5.74, 6) is 0.735. The van der Waals surface area contributed by atoms with Crippen molar-refractivity contribution in [2.45, 2.75) is 19.3 Å². The Morgan fingerprint density at radius 3 is 2.38 bits per heavy atom. The number of para-hydroxylation sites is 1. The molecule has 6 nitrogen and oxygen atoms in total. The molecule has 0 fully saturated rings. The Kier molecular flexibility index (Phi) is 5.46. The molecule has 0 radical (unpaired) electrons. The predicted octanol–water partition coefficient (Wildman–Crippen LogP) is 2.93. The first-order valence-corrected chi connectivity index (χ1v) is 9.43. The first-order chi connectivity index (χ1) is 14.2. The third-order valence-electron chi connectivity index (χ3n) is 4.83. The molecule has 1 atom stereocenters. The molecule has 3 aromatic carbocycles. The molecule has 1 aromatic heterocycles. The molecule has 0 aliphatic rings. The third-order valence-corrected chi connectivity index (χ3v) is 4.83. The van der Waals surface area contributed by atoms with Gasteiger partial charge < -0.3 is 14.9 Å². The minimum absolute atomic E-state index is 0.00522. The van der Waals surface area contributed by atoms with Crippen molar-refractivity contribution in [3.05, 3.63) is 88.7 Å². The molecule has 0 aliphatic heterocycles. The van der Waals surface area contributed by atoms with Crippen LogP contribution in [0.2, 0.25) is 0 Å². The molecule has 0 spiro atoms. The molecule has 4 rings (SSSR count). The van der Waals surface area contributed by atoms with E-state index in [1.807, 2.05) is 54.6 Å². The fraction of sp³-hybridized carbons (Fsp3) is 0.174. The number of nitrogens with one attached hydrogen (secondary N) is 1. The van der Waals surface area contributed by atoms with Crippen molar-refractivity contribution in [1.82, 2.24) is 9.78 Å². The van der Waals surface area contributed by atoms with E-state index in [0.29, 0.717) is 17.5 Å². The minimum atomic E-state index is -0.997. The first-order valence-electron chi connectivity index (χ1n) is 9.43. The van der Waals surface area contributed by atoms with Gasteiger partial charge in [-0.2, -0.15) is 0 Å². The summed E-state index contributed by atoms with van der Waals surface area (Å²) < 4.78 is 7.23. The maximum Gasteiger partial charge on any atom is 0.274 e. The highest BCUT2D eigenvalue weighted by atomic mass is 16.5. The zero-order valence-corrected chi connectivity index (χ0v) is 15.8. The number of benzene rings is 3. The number of aromatic amines is 1. The van der Waals surface area contributed by atoms with E-state index < -0.39 is 12.7 Å². The molecule has 0 aliphatic carbocycles. The van der Waals surface area contributed by atoms with Crippen LogP contribution < -0.4 is 10.3 Å². The van der Waals surface area contributed by atoms with E-state index in [9.17, 15) is 9.90 Å². The van der Waals surface area contributed by atoms with Crippen LogP contribution in [-0.4, -0.2) is 32.7 Å². The fourth-order valence-corrected chi connectivity index (χ4v) is 3.29. The second-order valence-electron chi connectivity index (χ2n) is 6.88. The Hall–Kier alpha value is -3.35. The molecule has 6 heteroatoms. The van der Waals surface area contributed by atoms with Gasteiger partial charge in [0.05, 0.1) is 30.2 Å². The van der Waals surface area contributed by atoms with Gasteiger partial charge in [0, 0.05) is 5.56 Å². The normalized spacial score (nSPS) is 12.2. The number of aliphatic hydroxyl groups excluding tert-OH is 2. The van der Waals surface area contributed by atoms with Crippen molar-refractivity contribution in [1.29, 1.82) is 0 Å². The standard InChI is InChI=1S/C23H22N2O4/c26-14-19(27)13-25-23(28)21-8-4-7-18(22(21)24-25)15-29-20-11-9-17(10-12-20)16-5-2-1-3-6-16/h1-12,19,24,26-27H,13-15H2. The summed E-state index contributed by atoms with van der Waals surface area (Å²) in [5.41, 5.74) is 3.53. The van der Waals surface area contributed by atoms with Crippen LogP contribution in [0.4, 0.5) is 0 Å². The fourth-order valence-electron chi connectivity index (χ4n) is 3.29. The van der Waals surface area contributed by atoms with E-state index >= 15 is 0 Å². The van der Waals surface area contributed by atoms with Crippen LogP contribution in [0.15, 0.2) is 77.6 Å². The molecule has 0 amide bonds. The average molecular weight is 390 g/mol. The highest BCUT2D eigenvalue weighted by Crippen LogP contribution is 2.23. The molecule has 148 valence electrons. The van der Waals surface area contributed by atoms with Gasteiger partial charge in [-0.25, -0.2) is 4.68 Å². The second kappa shape index (κ2) is 8.34. The number of hydrogen-bond donors (Lipinski definition) is 3. The summed E-state index contributed by atoms with van der Waals surface area (Å²) >= 11 is 0. The summed E-state index contributed by atoms with van der Waals surface area (Å²) in [7, 11) is 0. The van der Waals surface area contributed by atoms with Gasteiger partial charge in [0.25, 0.3) is 5.56 Å². The van der Waals surface area contributed by atoms with Crippen molar-refractivity contribution in [3.8, 4) is 16.9 Å². The monoisotopic (exact) mass is 390 g/mol. The minimum Gasteiger partial charge on any atom is -0.489 e. The Bertz CT molecular complexity index is 1150. The number of rotatable bonds is 7. The Labute approximate surface area is 167 Å². The lowest BCUT2D eigenvalue weighted by atomic mass is 10.1. The van der Waals surface area contributed by atoms with Gasteiger partial charge >= 0.3 is 0 Å². The lowest BCUT2D eigenvalue weighted by Gasteiger charge is -2.09. The number of aromatic nitrogens is 2. The van der Waals surface area contributed by atoms with Gasteiger partial charge in [0.15, 0.2) is 0 Å². The largest absolute Gasteiger partial charge is 0.489 e. The van der Waals surface area contributed by atoms with Crippen LogP contribution in [0.5, 0.6) is 5.75 Å². The zero-order valence-electron chi connectivity index (χ0n) is 15.8. The van der Waals surface area contributed by atoms with Crippen LogP contribution in [-0.2, 0) is 13.2 Å². The van der Waals surface area contributed by atoms with Gasteiger partial charge in [-0.05, 0) is 29.3 Å². The van der Waals surface area contributed by atoms with E-state index in [0.717, 1.165) is 22.4 Å². The van der Waals surface area contributed by atoms with Gasteiger partial charge in [0.1, 0.15) is 12.4 Å². The summed E-state index contributed by atoms with van der Waals surface area (Å²) in [6, 6.07) is 23.4. The van der Waals surface area contributed by atoms with E-state index in [1.165, 1.54) is 4.68 Å². The molecular formula is C23H22N2O4. The first kappa shape index (κ1) is 19.0. The summed E-state index contributed by atoms with van der Waals surface area (Å²) in [4.78, 5) is 12.5. The lowest BCUT2D eigenvalue weighted by Crippen LogP contribution is -2.27. The molecule has 0 saturated carbocycles. The number of ether oxygens (including phenoxy) is 1. The van der Waals surface area contributed by atoms with E-state index in [2.05, 4.69) is 17.2 Å². The third kappa shape index (κ3) is 4.08. The zero-order chi connectivity index (χ0) is 20.2. The van der Waals surface area contributed by atoms with Gasteiger partial charge in [0.2, 0.25) is 0 Å². The quantitative estimate of drug-likeness (QED) is 0.453. The van der Waals surface area contributed by atoms with Crippen LogP contribution in [0.3, 0.4) is 0 Å². The van der Waals surface area contributed by atoms with Gasteiger partial charge in [-0.15, -0.1) is 0 Å². The molecule has 1 heterocycles. The average Bonchev–Trinajstić information content (AvgIpc) is 3.09. The predicted molar refractivity (Wildman–Crippen MR) is 112 cm³/mol. The maximum atomic E-state index is 12.5. The maximum absolute atomic E-state index is 12.5. The Morgan fingerprint density at radius 1 is 0.931 bits per heavy atom. The Morgan fingerprint density at radius 2 is 1.66 bits per heavy atom. The molecule has 1 unspecified atom stereocenters. The van der Waals surface area contributed by atoms with Crippen LogP contribution in [0, 0.1) is 0 Å². The highest BCUT2D eigenvalue weighted by molar-refractivity contribution is 5.81. The van der Waals surface area contributed by atoms with Crippen molar-refractivity contribution in [3.63, 3.8) is 0 Å². The van der Waals surface area contributed by atoms with Gasteiger partial charge in [-0.1, -0.05) is 54.6 Å². The van der Waals surface area contributed by atoms with Gasteiger partial charge in [-0.3, -0.25) is 9.89 Å². The topological polar surface area (TPSA) is 87.5 Å². The molecule has 0 bridgehead atoms. The number of H-pyrrole nitrogens is 1. The SMILES string of the molecule is O=c1c2cccc(COc3ccc(-c4ccccc4)cc3)c2[nH]n1CC(O)CO. The lowest BCUT2D eigenvalue weighted by molar-refractivity contribution is 0.0776. The summed E-state index contributed by atoms with van der Waals surface area (Å²) in [6.07, 6.45) is -0.997. The molecular weight excluding hydrogens is 368 g/mol. The molecule has 0 saturated heterocycles. The van der Waals surface area contributed by atoms with Crippen molar-refractivity contribution in [2.24, 2.45) is 0 Å². The van der Waals surface area contributed by atoms with Crippen molar-refractivity contribution in [2.75, 3.05) is 6.61 Å². The smallest absolute Gasteiger partial charge is 0.274 e. The molecule has 4 aromatic rings. The summed E-state index contributed by atoms with van der Waals surface area (Å²) in [5, 5.41) is 22.2. The number of hydrogen-bond acceptors (Lipinski definition) is 4. The number of aliphatic hydroxyl groups is 2. The highest BCUT2D eigenvalue weighted by Gasteiger charge is 2.13. The van der Waals surface area contributed by atoms with E-state index in [1.54, 1.807) is 6.07 Å². The Balaban J connectivity index is 1.52. The van der Waals surface area contributed by atoms with Crippen LogP contribution in [0.1, 0.15) is 5.56 Å². The van der Waals surface area contributed by atoms with Crippen LogP contribution in [0.25, 0.3) is 22.0 Å². The number of fused-ring (bicyclic) bond motifs is 1. The second-order valence-corrected chi connectivity index (χ2v) is 6.88. The number of nitrogens with zero attached hydrogens (tertiary/aromatic N) is 1. The van der Waals surface area contributed by atoms with Crippen molar-refractivity contribution >= 4 is 10.9 Å². The van der Waals surface area contributed by atoms with Crippen LogP contribution >= 0.6 is 0 Å². The molecule has 29 heavy (non-hydrogen) atoms. The van der Waals surface area contributed by atoms with E-state index in [-0.39, 0.29) is 12.1 Å². The molecule has 3 N–H and O–H groups in total.